The first-order chi connectivity index (χ1) is 18.8. The van der Waals surface area contributed by atoms with E-state index in [1.165, 1.54) is 12.1 Å². The number of ether oxygens (including phenoxy) is 1. The van der Waals surface area contributed by atoms with Crippen LogP contribution in [0.3, 0.4) is 0 Å². The summed E-state index contributed by atoms with van der Waals surface area (Å²) >= 11 is 0. The van der Waals surface area contributed by atoms with E-state index in [2.05, 4.69) is 4.98 Å². The molecule has 0 radical (unpaired) electrons. The van der Waals surface area contributed by atoms with Gasteiger partial charge in [0.1, 0.15) is 17.2 Å². The Kier molecular flexibility index (Phi) is 8.50. The molecule has 1 atom stereocenters. The van der Waals surface area contributed by atoms with Crippen molar-refractivity contribution in [3.05, 3.63) is 64.0 Å². The Hall–Kier alpha value is -3.13. The fourth-order valence-corrected chi connectivity index (χ4v) is 5.64. The van der Waals surface area contributed by atoms with Crippen LogP contribution < -0.4 is 5.56 Å². The smallest absolute Gasteiger partial charge is 0.261 e. The Labute approximate surface area is 229 Å². The molecule has 9 nitrogen and oxygen atoms in total. The standard InChI is InChI=1S/C27H30F3N3O6S/c1-27(23(35)14-34,40(3,37)38)7-9-33-15-31-22-11-19(21(28)10-20(22)26(33)36)18-5-4-16(24(29)25(18)30)6-8-32-12-17(13-32)39-2/h4-5,10-11,15,17,34H,6-9,12-14H2,1-3H3/t27-/m1/s1. The Morgan fingerprint density at radius 1 is 1.15 bits per heavy atom. The Morgan fingerprint density at radius 3 is 2.48 bits per heavy atom. The topological polar surface area (TPSA) is 119 Å². The van der Waals surface area contributed by atoms with E-state index in [-0.39, 0.29) is 53.1 Å². The van der Waals surface area contributed by atoms with E-state index in [1.807, 2.05) is 4.90 Å². The number of aliphatic hydroxyl groups is 1. The second kappa shape index (κ2) is 11.4. The minimum Gasteiger partial charge on any atom is -0.389 e. The quantitative estimate of drug-likeness (QED) is 0.366. The van der Waals surface area contributed by atoms with Crippen molar-refractivity contribution in [2.75, 3.05) is 39.6 Å². The molecule has 1 aliphatic rings. The van der Waals surface area contributed by atoms with Crippen molar-refractivity contribution >= 4 is 26.5 Å². The van der Waals surface area contributed by atoms with Gasteiger partial charge >= 0.3 is 0 Å². The number of ketones is 1. The number of sulfone groups is 1. The zero-order valence-corrected chi connectivity index (χ0v) is 23.1. The summed E-state index contributed by atoms with van der Waals surface area (Å²) in [5.74, 6) is -4.18. The van der Waals surface area contributed by atoms with Gasteiger partial charge in [-0.2, -0.15) is 0 Å². The second-order valence-corrected chi connectivity index (χ2v) is 12.6. The van der Waals surface area contributed by atoms with Crippen LogP contribution in [0.4, 0.5) is 13.2 Å². The molecule has 216 valence electrons. The van der Waals surface area contributed by atoms with Gasteiger partial charge in [-0.15, -0.1) is 0 Å². The monoisotopic (exact) mass is 581 g/mol. The van der Waals surface area contributed by atoms with E-state index in [1.54, 1.807) is 7.11 Å². The van der Waals surface area contributed by atoms with Crippen molar-refractivity contribution in [2.45, 2.75) is 37.2 Å². The number of rotatable bonds is 11. The van der Waals surface area contributed by atoms with Gasteiger partial charge in [0.2, 0.25) is 0 Å². The summed E-state index contributed by atoms with van der Waals surface area (Å²) in [5, 5.41) is 9.05. The number of methoxy groups -OCH3 is 1. The third kappa shape index (κ3) is 5.55. The summed E-state index contributed by atoms with van der Waals surface area (Å²) in [6.07, 6.45) is 2.03. The number of aromatic nitrogens is 2. The number of halogens is 3. The van der Waals surface area contributed by atoms with Crippen molar-refractivity contribution in [3.63, 3.8) is 0 Å². The Balaban J connectivity index is 1.60. The van der Waals surface area contributed by atoms with Crippen LogP contribution in [0, 0.1) is 17.5 Å². The van der Waals surface area contributed by atoms with Crippen molar-refractivity contribution in [3.8, 4) is 11.1 Å². The van der Waals surface area contributed by atoms with E-state index in [4.69, 9.17) is 4.74 Å². The third-order valence-corrected chi connectivity index (χ3v) is 9.77. The molecule has 0 unspecified atom stereocenters. The molecule has 1 aliphatic heterocycles. The molecule has 13 heteroatoms. The Bertz CT molecular complexity index is 1620. The van der Waals surface area contributed by atoms with Gasteiger partial charge in [0.15, 0.2) is 27.3 Å². The molecule has 0 aliphatic carbocycles. The highest BCUT2D eigenvalue weighted by atomic mass is 32.2. The number of likely N-dealkylation sites (tertiary alicyclic amines) is 1. The molecule has 40 heavy (non-hydrogen) atoms. The fraction of sp³-hybridized carbons (Fsp3) is 0.444. The predicted molar refractivity (Wildman–Crippen MR) is 142 cm³/mol. The number of Topliss-reactive ketones (excluding diaryl/α,β-unsaturated/α-hetero) is 1. The number of aliphatic hydroxyl groups excluding tert-OH is 1. The minimum absolute atomic E-state index is 0.0179. The highest BCUT2D eigenvalue weighted by Crippen LogP contribution is 2.31. The van der Waals surface area contributed by atoms with Gasteiger partial charge in [-0.25, -0.2) is 26.6 Å². The molecule has 1 saturated heterocycles. The van der Waals surface area contributed by atoms with Gasteiger partial charge in [-0.05, 0) is 37.5 Å². The van der Waals surface area contributed by atoms with Crippen molar-refractivity contribution < 1.29 is 36.2 Å². The summed E-state index contributed by atoms with van der Waals surface area (Å²) in [4.78, 5) is 31.3. The molecule has 0 saturated carbocycles. The molecular weight excluding hydrogens is 551 g/mol. The van der Waals surface area contributed by atoms with Gasteiger partial charge in [-0.3, -0.25) is 19.1 Å². The van der Waals surface area contributed by atoms with E-state index in [9.17, 15) is 27.5 Å². The molecule has 0 bridgehead atoms. The number of carbonyl (C=O) groups excluding carboxylic acids is 1. The molecule has 2 aromatic carbocycles. The van der Waals surface area contributed by atoms with Crippen LogP contribution in [-0.2, 0) is 32.3 Å². The van der Waals surface area contributed by atoms with Crippen LogP contribution in [0.15, 0.2) is 35.4 Å². The first-order valence-electron chi connectivity index (χ1n) is 12.6. The summed E-state index contributed by atoms with van der Waals surface area (Å²) in [7, 11) is -2.33. The van der Waals surface area contributed by atoms with Gasteiger partial charge in [0.25, 0.3) is 5.56 Å². The maximum absolute atomic E-state index is 15.2. The predicted octanol–water partition coefficient (Wildman–Crippen LogP) is 2.11. The lowest BCUT2D eigenvalue weighted by Crippen LogP contribution is -2.52. The lowest BCUT2D eigenvalue weighted by atomic mass is 9.99. The fourth-order valence-electron chi connectivity index (χ4n) is 4.70. The van der Waals surface area contributed by atoms with Crippen LogP contribution in [0.25, 0.3) is 22.0 Å². The lowest BCUT2D eigenvalue weighted by molar-refractivity contribution is -0.124. The first kappa shape index (κ1) is 29.8. The highest BCUT2D eigenvalue weighted by molar-refractivity contribution is 7.92. The maximum atomic E-state index is 15.2. The minimum atomic E-state index is -3.94. The lowest BCUT2D eigenvalue weighted by Gasteiger charge is -2.38. The average molecular weight is 582 g/mol. The third-order valence-electron chi connectivity index (χ3n) is 7.70. The number of nitrogens with zero attached hydrogens (tertiary/aromatic N) is 3. The molecular formula is C27H30F3N3O6S. The van der Waals surface area contributed by atoms with Crippen LogP contribution in [0.5, 0.6) is 0 Å². The number of carbonyl (C=O) groups is 1. The Morgan fingerprint density at radius 2 is 1.85 bits per heavy atom. The van der Waals surface area contributed by atoms with Gasteiger partial charge in [0.05, 0.1) is 23.3 Å². The number of aryl methyl sites for hydroxylation is 1. The summed E-state index contributed by atoms with van der Waals surface area (Å²) in [6.45, 7) is 1.86. The molecule has 2 heterocycles. The van der Waals surface area contributed by atoms with Crippen molar-refractivity contribution in [1.29, 1.82) is 0 Å². The molecule has 4 rings (SSSR count). The molecule has 1 fully saturated rings. The first-order valence-corrected chi connectivity index (χ1v) is 14.4. The second-order valence-electron chi connectivity index (χ2n) is 10.2. The number of hydrogen-bond donors (Lipinski definition) is 1. The zero-order valence-electron chi connectivity index (χ0n) is 22.3. The number of hydrogen-bond acceptors (Lipinski definition) is 8. The average Bonchev–Trinajstić information content (AvgIpc) is 2.88. The van der Waals surface area contributed by atoms with E-state index >= 15 is 8.78 Å². The molecule has 3 aromatic rings. The van der Waals surface area contributed by atoms with Gasteiger partial charge in [0, 0.05) is 50.7 Å². The SMILES string of the molecule is COC1CN(CCc2ccc(-c3cc4ncn(CC[C@](C)(C(=O)CO)S(C)(=O)=O)c(=O)c4cc3F)c(F)c2F)C1. The number of fused-ring (bicyclic) bond motifs is 1. The summed E-state index contributed by atoms with van der Waals surface area (Å²) in [5.41, 5.74) is -1.13. The molecule has 0 spiro atoms. The highest BCUT2D eigenvalue weighted by Gasteiger charge is 2.42. The maximum Gasteiger partial charge on any atom is 0.261 e. The van der Waals surface area contributed by atoms with Crippen molar-refractivity contribution in [2.24, 2.45) is 0 Å². The molecule has 1 N–H and O–H groups in total. The van der Waals surface area contributed by atoms with Crippen LogP contribution >= 0.6 is 0 Å². The zero-order chi connectivity index (χ0) is 29.4. The normalized spacial score (nSPS) is 16.2. The van der Waals surface area contributed by atoms with Gasteiger partial charge < -0.3 is 9.84 Å². The van der Waals surface area contributed by atoms with E-state index in [0.29, 0.717) is 19.6 Å². The van der Waals surface area contributed by atoms with Crippen molar-refractivity contribution in [1.82, 2.24) is 14.5 Å². The van der Waals surface area contributed by atoms with E-state index in [0.717, 1.165) is 36.2 Å². The number of benzene rings is 2. The van der Waals surface area contributed by atoms with Gasteiger partial charge in [-0.1, -0.05) is 12.1 Å². The summed E-state index contributed by atoms with van der Waals surface area (Å²) in [6, 6.07) is 4.71. The molecule has 0 amide bonds. The molecule has 1 aromatic heterocycles. The van der Waals surface area contributed by atoms with Crippen LogP contribution in [0.1, 0.15) is 18.9 Å². The van der Waals surface area contributed by atoms with Crippen LogP contribution in [-0.4, -0.2) is 84.2 Å². The summed E-state index contributed by atoms with van der Waals surface area (Å²) < 4.78 is 73.8. The van der Waals surface area contributed by atoms with Crippen LogP contribution in [0.2, 0.25) is 0 Å². The largest absolute Gasteiger partial charge is 0.389 e. The van der Waals surface area contributed by atoms with E-state index < -0.39 is 50.0 Å².